The van der Waals surface area contributed by atoms with Gasteiger partial charge in [-0.15, -0.1) is 0 Å². The molecule has 0 amide bonds. The number of alkyl halides is 1. The van der Waals surface area contributed by atoms with Gasteiger partial charge in [-0.2, -0.15) is 0 Å². The molecule has 0 aliphatic heterocycles. The zero-order valence-corrected chi connectivity index (χ0v) is 8.20. The summed E-state index contributed by atoms with van der Waals surface area (Å²) in [4.78, 5) is 0. The maximum absolute atomic E-state index is 8.63. The molecular weight excluding hydrogens is 247 g/mol. The molecule has 1 unspecified atom stereocenters. The van der Waals surface area contributed by atoms with Crippen LogP contribution in [0.4, 0.5) is 0 Å². The predicted molar refractivity (Wildman–Crippen MR) is 47.3 cm³/mol. The van der Waals surface area contributed by atoms with E-state index in [-0.39, 0.29) is 0 Å². The topological polar surface area (TPSA) is 38.7 Å². The Morgan fingerprint density at radius 3 is 2.60 bits per heavy atom. The van der Waals surface area contributed by atoms with Crippen LogP contribution in [0.3, 0.4) is 0 Å². The summed E-state index contributed by atoms with van der Waals surface area (Å²) in [6.45, 7) is 3.37. The summed E-state index contributed by atoms with van der Waals surface area (Å²) in [5.74, 6) is 0. The fourth-order valence-corrected chi connectivity index (χ4v) is 0.746. The lowest BCUT2D eigenvalue weighted by Gasteiger charge is -2.05. The third kappa shape index (κ3) is 8.61. The molecule has 0 fully saturated rings. The normalized spacial score (nSPS) is 13.5. The van der Waals surface area contributed by atoms with Gasteiger partial charge in [0.05, 0.1) is 19.8 Å². The van der Waals surface area contributed by atoms with Gasteiger partial charge in [-0.25, -0.2) is 0 Å². The van der Waals surface area contributed by atoms with Crippen molar-refractivity contribution in [3.05, 3.63) is 0 Å². The number of aliphatic hydroxyl groups excluding tert-OH is 1. The third-order valence-corrected chi connectivity index (χ3v) is 1.25. The molecular formula is C6H13IO3. The van der Waals surface area contributed by atoms with Gasteiger partial charge in [0.15, 0.2) is 6.29 Å². The minimum Gasteiger partial charge on any atom is -0.378 e. The number of hydrogen-bond donors (Lipinski definition) is 1. The van der Waals surface area contributed by atoms with E-state index in [2.05, 4.69) is 22.6 Å². The second-order valence-corrected chi connectivity index (χ2v) is 2.85. The number of ether oxygens (including phenoxy) is 2. The first kappa shape index (κ1) is 10.6. The highest BCUT2D eigenvalue weighted by Gasteiger charge is 1.92. The standard InChI is InChI=1S/C6H13IO3/c1-6(8)10-5-4-9-3-2-7/h6,8H,2-5H2,1H3. The maximum atomic E-state index is 8.63. The van der Waals surface area contributed by atoms with Crippen LogP contribution in [0.15, 0.2) is 0 Å². The van der Waals surface area contributed by atoms with Crippen molar-refractivity contribution in [3.8, 4) is 0 Å². The minimum atomic E-state index is -0.678. The van der Waals surface area contributed by atoms with E-state index in [0.717, 1.165) is 11.0 Å². The van der Waals surface area contributed by atoms with Gasteiger partial charge >= 0.3 is 0 Å². The molecule has 0 radical (unpaired) electrons. The van der Waals surface area contributed by atoms with Crippen LogP contribution in [0.25, 0.3) is 0 Å². The molecule has 0 saturated carbocycles. The van der Waals surface area contributed by atoms with Crippen LogP contribution in [0.2, 0.25) is 0 Å². The van der Waals surface area contributed by atoms with Crippen LogP contribution < -0.4 is 0 Å². The summed E-state index contributed by atoms with van der Waals surface area (Å²) in [7, 11) is 0. The van der Waals surface area contributed by atoms with Gasteiger partial charge in [0, 0.05) is 4.43 Å². The monoisotopic (exact) mass is 260 g/mol. The predicted octanol–water partition coefficient (Wildman–Crippen LogP) is 0.793. The maximum Gasteiger partial charge on any atom is 0.151 e. The SMILES string of the molecule is CC(O)OCCOCCI. The molecule has 0 aromatic heterocycles. The number of rotatable bonds is 6. The number of hydrogen-bond acceptors (Lipinski definition) is 3. The van der Waals surface area contributed by atoms with Crippen LogP contribution in [0.5, 0.6) is 0 Å². The second kappa shape index (κ2) is 7.71. The van der Waals surface area contributed by atoms with Crippen molar-refractivity contribution in [2.75, 3.05) is 24.2 Å². The third-order valence-electron chi connectivity index (χ3n) is 0.808. The highest BCUT2D eigenvalue weighted by atomic mass is 127. The van der Waals surface area contributed by atoms with E-state index in [4.69, 9.17) is 14.6 Å². The molecule has 10 heavy (non-hydrogen) atoms. The first-order chi connectivity index (χ1) is 4.77. The molecule has 0 aliphatic carbocycles. The molecule has 3 nitrogen and oxygen atoms in total. The minimum absolute atomic E-state index is 0.467. The second-order valence-electron chi connectivity index (χ2n) is 1.77. The van der Waals surface area contributed by atoms with E-state index >= 15 is 0 Å². The molecule has 0 bridgehead atoms. The van der Waals surface area contributed by atoms with Crippen LogP contribution in [0.1, 0.15) is 6.92 Å². The summed E-state index contributed by atoms with van der Waals surface area (Å²) in [5, 5.41) is 8.63. The van der Waals surface area contributed by atoms with Crippen molar-refractivity contribution in [1.29, 1.82) is 0 Å². The molecule has 0 rings (SSSR count). The zero-order valence-electron chi connectivity index (χ0n) is 6.05. The van der Waals surface area contributed by atoms with E-state index in [1.807, 2.05) is 0 Å². The summed E-state index contributed by atoms with van der Waals surface area (Å²) < 4.78 is 10.9. The van der Waals surface area contributed by atoms with E-state index < -0.39 is 6.29 Å². The Bertz CT molecular complexity index is 68.0. The quantitative estimate of drug-likeness (QED) is 0.332. The Kier molecular flexibility index (Phi) is 8.18. The Labute approximate surface area is 74.8 Å². The van der Waals surface area contributed by atoms with Gasteiger partial charge in [-0.1, -0.05) is 22.6 Å². The molecule has 0 saturated heterocycles. The van der Waals surface area contributed by atoms with Crippen LogP contribution in [-0.4, -0.2) is 35.6 Å². The van der Waals surface area contributed by atoms with Crippen molar-refractivity contribution in [3.63, 3.8) is 0 Å². The average Bonchev–Trinajstić information content (AvgIpc) is 1.87. The van der Waals surface area contributed by atoms with Crippen molar-refractivity contribution in [1.82, 2.24) is 0 Å². The Balaban J connectivity index is 2.77. The molecule has 0 aromatic carbocycles. The van der Waals surface area contributed by atoms with Crippen molar-refractivity contribution < 1.29 is 14.6 Å². The summed E-state index contributed by atoms with van der Waals surface area (Å²) in [6.07, 6.45) is -0.678. The Morgan fingerprint density at radius 1 is 1.40 bits per heavy atom. The van der Waals surface area contributed by atoms with Gasteiger partial charge in [0.25, 0.3) is 0 Å². The highest BCUT2D eigenvalue weighted by molar-refractivity contribution is 14.1. The lowest BCUT2D eigenvalue weighted by atomic mass is 10.7. The van der Waals surface area contributed by atoms with Gasteiger partial charge in [-0.05, 0) is 6.92 Å². The Morgan fingerprint density at radius 2 is 2.10 bits per heavy atom. The summed E-state index contributed by atoms with van der Waals surface area (Å²) >= 11 is 2.24. The van der Waals surface area contributed by atoms with Crippen LogP contribution in [-0.2, 0) is 9.47 Å². The first-order valence-corrected chi connectivity index (χ1v) is 4.73. The lowest BCUT2D eigenvalue weighted by molar-refractivity contribution is -0.0985. The summed E-state index contributed by atoms with van der Waals surface area (Å²) in [6, 6.07) is 0. The molecule has 0 aliphatic rings. The van der Waals surface area contributed by atoms with Gasteiger partial charge in [-0.3, -0.25) is 0 Å². The van der Waals surface area contributed by atoms with Gasteiger partial charge in [0.2, 0.25) is 0 Å². The van der Waals surface area contributed by atoms with Crippen LogP contribution >= 0.6 is 22.6 Å². The number of aliphatic hydroxyl groups is 1. The Hall–Kier alpha value is 0.610. The average molecular weight is 260 g/mol. The van der Waals surface area contributed by atoms with Crippen molar-refractivity contribution in [2.45, 2.75) is 13.2 Å². The fourth-order valence-electron chi connectivity index (χ4n) is 0.434. The van der Waals surface area contributed by atoms with Crippen molar-refractivity contribution >= 4 is 22.6 Å². The molecule has 0 aromatic rings. The van der Waals surface area contributed by atoms with Crippen LogP contribution in [0, 0.1) is 0 Å². The molecule has 0 spiro atoms. The highest BCUT2D eigenvalue weighted by Crippen LogP contribution is 1.86. The van der Waals surface area contributed by atoms with E-state index in [1.165, 1.54) is 0 Å². The molecule has 4 heteroatoms. The fraction of sp³-hybridized carbons (Fsp3) is 1.00. The van der Waals surface area contributed by atoms with Gasteiger partial charge < -0.3 is 14.6 Å². The van der Waals surface area contributed by atoms with Gasteiger partial charge in [0.1, 0.15) is 0 Å². The lowest BCUT2D eigenvalue weighted by Crippen LogP contribution is -2.12. The molecule has 1 N–H and O–H groups in total. The van der Waals surface area contributed by atoms with E-state index in [1.54, 1.807) is 6.92 Å². The first-order valence-electron chi connectivity index (χ1n) is 3.20. The smallest absolute Gasteiger partial charge is 0.151 e. The molecule has 62 valence electrons. The summed E-state index contributed by atoms with van der Waals surface area (Å²) in [5.41, 5.74) is 0. The largest absolute Gasteiger partial charge is 0.378 e. The van der Waals surface area contributed by atoms with Crippen molar-refractivity contribution in [2.24, 2.45) is 0 Å². The van der Waals surface area contributed by atoms with E-state index in [9.17, 15) is 0 Å². The molecule has 0 heterocycles. The van der Waals surface area contributed by atoms with E-state index in [0.29, 0.717) is 13.2 Å². The zero-order chi connectivity index (χ0) is 7.82. The number of halogens is 1. The molecule has 1 atom stereocenters.